The van der Waals surface area contributed by atoms with Crippen molar-refractivity contribution in [3.05, 3.63) is 47.5 Å². The standard InChI is InChI=1S/C18H25N5O/c1-14-6-3-4-7-15(14)10-22(2)17(24)12-23-9-5-8-16(11-23)18-19-13-20-21-18/h3-4,6-7,13,16H,5,8-12H2,1-2H3,(H,19,20,21). The third-order valence-corrected chi connectivity index (χ3v) is 4.78. The zero-order chi connectivity index (χ0) is 16.9. The number of rotatable bonds is 5. The van der Waals surface area contributed by atoms with Crippen LogP contribution in [0, 0.1) is 6.92 Å². The van der Waals surface area contributed by atoms with Gasteiger partial charge in [0, 0.05) is 26.1 Å². The van der Waals surface area contributed by atoms with Crippen LogP contribution in [0.2, 0.25) is 0 Å². The molecule has 1 aromatic carbocycles. The van der Waals surface area contributed by atoms with Crippen LogP contribution in [0.1, 0.15) is 35.7 Å². The molecule has 0 spiro atoms. The molecule has 1 atom stereocenters. The number of hydrogen-bond acceptors (Lipinski definition) is 4. The molecule has 2 aromatic rings. The molecular formula is C18H25N5O. The van der Waals surface area contributed by atoms with E-state index in [1.165, 1.54) is 11.1 Å². The van der Waals surface area contributed by atoms with E-state index in [9.17, 15) is 4.79 Å². The summed E-state index contributed by atoms with van der Waals surface area (Å²) in [6.45, 7) is 5.03. The molecule has 1 amide bonds. The van der Waals surface area contributed by atoms with Crippen molar-refractivity contribution in [1.82, 2.24) is 25.0 Å². The maximum absolute atomic E-state index is 12.6. The number of likely N-dealkylation sites (tertiary alicyclic amines) is 1. The smallest absolute Gasteiger partial charge is 0.236 e. The second-order valence-corrected chi connectivity index (χ2v) is 6.62. The normalized spacial score (nSPS) is 18.5. The lowest BCUT2D eigenvalue weighted by atomic mass is 9.97. The predicted molar refractivity (Wildman–Crippen MR) is 92.5 cm³/mol. The van der Waals surface area contributed by atoms with Crippen LogP contribution in [-0.2, 0) is 11.3 Å². The average molecular weight is 327 g/mol. The Kier molecular flexibility index (Phi) is 5.25. The minimum Gasteiger partial charge on any atom is -0.340 e. The van der Waals surface area contributed by atoms with E-state index in [1.54, 1.807) is 6.33 Å². The molecule has 0 aliphatic carbocycles. The van der Waals surface area contributed by atoms with Crippen LogP contribution in [0.15, 0.2) is 30.6 Å². The summed E-state index contributed by atoms with van der Waals surface area (Å²) in [4.78, 5) is 20.9. The van der Waals surface area contributed by atoms with Crippen LogP contribution >= 0.6 is 0 Å². The Morgan fingerprint density at radius 2 is 2.25 bits per heavy atom. The van der Waals surface area contributed by atoms with Crippen LogP contribution in [0.4, 0.5) is 0 Å². The Labute approximate surface area is 142 Å². The number of benzene rings is 1. The lowest BCUT2D eigenvalue weighted by Gasteiger charge is -2.32. The second kappa shape index (κ2) is 7.57. The molecule has 0 bridgehead atoms. The van der Waals surface area contributed by atoms with E-state index in [0.29, 0.717) is 19.0 Å². The monoisotopic (exact) mass is 327 g/mol. The van der Waals surface area contributed by atoms with Crippen molar-refractivity contribution in [2.75, 3.05) is 26.7 Å². The molecule has 1 aliphatic heterocycles. The number of aromatic amines is 1. The van der Waals surface area contributed by atoms with E-state index in [2.05, 4.69) is 39.1 Å². The van der Waals surface area contributed by atoms with Crippen molar-refractivity contribution >= 4 is 5.91 Å². The molecule has 1 aliphatic rings. The Hall–Kier alpha value is -2.21. The summed E-state index contributed by atoms with van der Waals surface area (Å²) in [6, 6.07) is 8.21. The second-order valence-electron chi connectivity index (χ2n) is 6.62. The molecule has 1 fully saturated rings. The molecule has 3 rings (SSSR count). The van der Waals surface area contributed by atoms with Crippen molar-refractivity contribution < 1.29 is 4.79 Å². The number of carbonyl (C=O) groups excluding carboxylic acids is 1. The van der Waals surface area contributed by atoms with E-state index >= 15 is 0 Å². The van der Waals surface area contributed by atoms with Crippen molar-refractivity contribution in [2.45, 2.75) is 32.2 Å². The van der Waals surface area contributed by atoms with Crippen LogP contribution in [0.3, 0.4) is 0 Å². The molecule has 2 heterocycles. The molecule has 24 heavy (non-hydrogen) atoms. The Balaban J connectivity index is 1.55. The van der Waals surface area contributed by atoms with Crippen molar-refractivity contribution in [3.8, 4) is 0 Å². The van der Waals surface area contributed by atoms with Gasteiger partial charge in [-0.25, -0.2) is 4.98 Å². The number of aryl methyl sites for hydroxylation is 1. The van der Waals surface area contributed by atoms with Gasteiger partial charge in [-0.15, -0.1) is 0 Å². The first-order chi connectivity index (χ1) is 11.6. The van der Waals surface area contributed by atoms with Crippen LogP contribution in [-0.4, -0.2) is 57.6 Å². The highest BCUT2D eigenvalue weighted by molar-refractivity contribution is 5.78. The Morgan fingerprint density at radius 1 is 1.42 bits per heavy atom. The van der Waals surface area contributed by atoms with E-state index in [0.717, 1.165) is 31.8 Å². The summed E-state index contributed by atoms with van der Waals surface area (Å²) in [5.74, 6) is 1.44. The van der Waals surface area contributed by atoms with Gasteiger partial charge in [-0.2, -0.15) is 5.10 Å². The van der Waals surface area contributed by atoms with Gasteiger partial charge in [0.15, 0.2) is 0 Å². The van der Waals surface area contributed by atoms with Crippen LogP contribution in [0.25, 0.3) is 0 Å². The minimum atomic E-state index is 0.163. The molecule has 128 valence electrons. The highest BCUT2D eigenvalue weighted by Gasteiger charge is 2.25. The molecule has 1 unspecified atom stereocenters. The molecule has 1 aromatic heterocycles. The number of nitrogens with one attached hydrogen (secondary N) is 1. The molecule has 0 radical (unpaired) electrons. The number of H-pyrrole nitrogens is 1. The lowest BCUT2D eigenvalue weighted by molar-refractivity contribution is -0.132. The van der Waals surface area contributed by atoms with Gasteiger partial charge in [0.2, 0.25) is 5.91 Å². The first-order valence-electron chi connectivity index (χ1n) is 8.49. The zero-order valence-electron chi connectivity index (χ0n) is 14.4. The van der Waals surface area contributed by atoms with Gasteiger partial charge in [0.1, 0.15) is 12.2 Å². The molecule has 6 heteroatoms. The third kappa shape index (κ3) is 4.00. The predicted octanol–water partition coefficient (Wildman–Crippen LogP) is 1.95. The fourth-order valence-corrected chi connectivity index (χ4v) is 3.28. The van der Waals surface area contributed by atoms with Crippen molar-refractivity contribution in [3.63, 3.8) is 0 Å². The SMILES string of the molecule is Cc1ccccc1CN(C)C(=O)CN1CCCC(c2ncn[nH]2)C1. The van der Waals surface area contributed by atoms with Crippen LogP contribution < -0.4 is 0 Å². The van der Waals surface area contributed by atoms with Gasteiger partial charge < -0.3 is 4.90 Å². The van der Waals surface area contributed by atoms with Gasteiger partial charge in [-0.3, -0.25) is 14.8 Å². The fraction of sp³-hybridized carbons (Fsp3) is 0.500. The summed E-state index contributed by atoms with van der Waals surface area (Å²) in [6.07, 6.45) is 3.73. The van der Waals surface area contributed by atoms with Gasteiger partial charge in [-0.05, 0) is 37.4 Å². The zero-order valence-corrected chi connectivity index (χ0v) is 14.4. The molecule has 1 N–H and O–H groups in total. The average Bonchev–Trinajstić information content (AvgIpc) is 3.12. The molecule has 6 nitrogen and oxygen atoms in total. The van der Waals surface area contributed by atoms with E-state index in [4.69, 9.17) is 0 Å². The summed E-state index contributed by atoms with van der Waals surface area (Å²) < 4.78 is 0. The quantitative estimate of drug-likeness (QED) is 0.911. The number of likely N-dealkylation sites (N-methyl/N-ethyl adjacent to an activating group) is 1. The highest BCUT2D eigenvalue weighted by Crippen LogP contribution is 2.23. The van der Waals surface area contributed by atoms with Gasteiger partial charge in [-0.1, -0.05) is 24.3 Å². The largest absolute Gasteiger partial charge is 0.340 e. The topological polar surface area (TPSA) is 65.1 Å². The molecule has 0 saturated carbocycles. The first-order valence-corrected chi connectivity index (χ1v) is 8.49. The summed E-state index contributed by atoms with van der Waals surface area (Å²) in [5.41, 5.74) is 2.42. The number of carbonyl (C=O) groups is 1. The van der Waals surface area contributed by atoms with Gasteiger partial charge >= 0.3 is 0 Å². The van der Waals surface area contributed by atoms with E-state index in [-0.39, 0.29) is 5.91 Å². The maximum Gasteiger partial charge on any atom is 0.236 e. The summed E-state index contributed by atoms with van der Waals surface area (Å²) in [7, 11) is 1.88. The highest BCUT2D eigenvalue weighted by atomic mass is 16.2. The van der Waals surface area contributed by atoms with E-state index < -0.39 is 0 Å². The molecule has 1 saturated heterocycles. The summed E-state index contributed by atoms with van der Waals surface area (Å²) in [5, 5.41) is 6.90. The number of hydrogen-bond donors (Lipinski definition) is 1. The molecular weight excluding hydrogens is 302 g/mol. The van der Waals surface area contributed by atoms with Crippen molar-refractivity contribution in [1.29, 1.82) is 0 Å². The maximum atomic E-state index is 12.6. The Bertz CT molecular complexity index is 670. The third-order valence-electron chi connectivity index (χ3n) is 4.78. The first kappa shape index (κ1) is 16.6. The number of aromatic nitrogens is 3. The van der Waals surface area contributed by atoms with Gasteiger partial charge in [0.25, 0.3) is 0 Å². The Morgan fingerprint density at radius 3 is 3.00 bits per heavy atom. The number of piperidine rings is 1. The number of nitrogens with zero attached hydrogens (tertiary/aromatic N) is 4. The lowest BCUT2D eigenvalue weighted by Crippen LogP contribution is -2.42. The van der Waals surface area contributed by atoms with Crippen molar-refractivity contribution in [2.24, 2.45) is 0 Å². The number of amides is 1. The summed E-state index contributed by atoms with van der Waals surface area (Å²) >= 11 is 0. The van der Waals surface area contributed by atoms with Gasteiger partial charge in [0.05, 0.1) is 6.54 Å². The van der Waals surface area contributed by atoms with Crippen LogP contribution in [0.5, 0.6) is 0 Å². The van der Waals surface area contributed by atoms with E-state index in [1.807, 2.05) is 24.1 Å². The fourth-order valence-electron chi connectivity index (χ4n) is 3.28. The minimum absolute atomic E-state index is 0.163.